The number of aromatic nitrogens is 2. The molecule has 1 aliphatic rings. The van der Waals surface area contributed by atoms with Crippen molar-refractivity contribution in [2.45, 2.75) is 37.4 Å². The highest BCUT2D eigenvalue weighted by atomic mass is 32.2. The van der Waals surface area contributed by atoms with Gasteiger partial charge in [-0.3, -0.25) is 0 Å². The fourth-order valence-electron chi connectivity index (χ4n) is 2.37. The Morgan fingerprint density at radius 3 is 2.63 bits per heavy atom. The van der Waals surface area contributed by atoms with Crippen LogP contribution in [0, 0.1) is 5.92 Å². The van der Waals surface area contributed by atoms with Gasteiger partial charge in [0.2, 0.25) is 0 Å². The Hall–Kier alpha value is -1.01. The fourth-order valence-corrected chi connectivity index (χ4v) is 2.75. The standard InChI is InChI=1S/C13H22N4OS/c1-3-14-11-7-12(17-13(16-11)19-2)15-8-9-5-4-6-10(9)18/h7,9-10,18H,3-6,8H2,1-2H3,(H2,14,15,16,17). The Morgan fingerprint density at radius 2 is 2.05 bits per heavy atom. The second kappa shape index (κ2) is 6.96. The zero-order valence-corrected chi connectivity index (χ0v) is 12.3. The molecule has 0 amide bonds. The molecule has 1 heterocycles. The SMILES string of the molecule is CCNc1cc(NCC2CCCC2O)nc(SC)n1. The number of aliphatic hydroxyl groups is 1. The Kier molecular flexibility index (Phi) is 5.27. The van der Waals surface area contributed by atoms with Crippen LogP contribution >= 0.6 is 11.8 Å². The average Bonchev–Trinajstić information content (AvgIpc) is 2.82. The van der Waals surface area contributed by atoms with Crippen molar-refractivity contribution in [1.29, 1.82) is 0 Å². The summed E-state index contributed by atoms with van der Waals surface area (Å²) in [5, 5.41) is 17.1. The van der Waals surface area contributed by atoms with E-state index in [1.807, 2.05) is 19.2 Å². The normalized spacial score (nSPS) is 22.5. The third-order valence-corrected chi connectivity index (χ3v) is 3.96. The molecule has 0 spiro atoms. The molecule has 3 N–H and O–H groups in total. The smallest absolute Gasteiger partial charge is 0.191 e. The molecule has 2 atom stereocenters. The average molecular weight is 282 g/mol. The van der Waals surface area contributed by atoms with E-state index in [9.17, 15) is 5.11 Å². The number of aliphatic hydroxyl groups excluding tert-OH is 1. The van der Waals surface area contributed by atoms with Crippen molar-refractivity contribution in [2.75, 3.05) is 30.0 Å². The van der Waals surface area contributed by atoms with Gasteiger partial charge in [-0.2, -0.15) is 0 Å². The van der Waals surface area contributed by atoms with Crippen LogP contribution in [0.15, 0.2) is 11.2 Å². The third-order valence-electron chi connectivity index (χ3n) is 3.41. The highest BCUT2D eigenvalue weighted by Crippen LogP contribution is 2.26. The van der Waals surface area contributed by atoms with Crippen molar-refractivity contribution in [1.82, 2.24) is 9.97 Å². The molecule has 0 aliphatic heterocycles. The fraction of sp³-hybridized carbons (Fsp3) is 0.692. The van der Waals surface area contributed by atoms with Crippen LogP contribution in [-0.4, -0.2) is 40.5 Å². The van der Waals surface area contributed by atoms with Gasteiger partial charge in [0.15, 0.2) is 5.16 Å². The molecule has 0 aromatic carbocycles. The number of hydrogen-bond acceptors (Lipinski definition) is 6. The van der Waals surface area contributed by atoms with Crippen molar-refractivity contribution in [2.24, 2.45) is 5.92 Å². The van der Waals surface area contributed by atoms with Crippen LogP contribution in [0.1, 0.15) is 26.2 Å². The van der Waals surface area contributed by atoms with Crippen molar-refractivity contribution >= 4 is 23.4 Å². The Bertz CT molecular complexity index is 416. The second-order valence-corrected chi connectivity index (χ2v) is 5.57. The summed E-state index contributed by atoms with van der Waals surface area (Å²) >= 11 is 1.53. The van der Waals surface area contributed by atoms with E-state index in [2.05, 4.69) is 20.6 Å². The summed E-state index contributed by atoms with van der Waals surface area (Å²) in [6.45, 7) is 3.66. The van der Waals surface area contributed by atoms with Gasteiger partial charge in [0.05, 0.1) is 6.10 Å². The van der Waals surface area contributed by atoms with E-state index in [-0.39, 0.29) is 6.10 Å². The van der Waals surface area contributed by atoms with Gasteiger partial charge in [-0.1, -0.05) is 18.2 Å². The van der Waals surface area contributed by atoms with Crippen LogP contribution < -0.4 is 10.6 Å². The zero-order valence-electron chi connectivity index (χ0n) is 11.5. The Balaban J connectivity index is 2.00. The van der Waals surface area contributed by atoms with E-state index in [1.165, 1.54) is 11.8 Å². The molecule has 0 bridgehead atoms. The summed E-state index contributed by atoms with van der Waals surface area (Å²) in [7, 11) is 0. The number of nitrogens with one attached hydrogen (secondary N) is 2. The number of hydrogen-bond donors (Lipinski definition) is 3. The van der Waals surface area contributed by atoms with Crippen LogP contribution in [0.2, 0.25) is 0 Å². The first-order chi connectivity index (χ1) is 9.22. The molecule has 1 aliphatic carbocycles. The van der Waals surface area contributed by atoms with Gasteiger partial charge < -0.3 is 15.7 Å². The predicted octanol–water partition coefficient (Wildman–Crippen LogP) is 2.20. The lowest BCUT2D eigenvalue weighted by atomic mass is 10.1. The third kappa shape index (κ3) is 3.98. The second-order valence-electron chi connectivity index (χ2n) is 4.79. The lowest BCUT2D eigenvalue weighted by molar-refractivity contribution is 0.138. The summed E-state index contributed by atoms with van der Waals surface area (Å²) in [5.41, 5.74) is 0. The molecule has 5 nitrogen and oxygen atoms in total. The van der Waals surface area contributed by atoms with E-state index in [1.54, 1.807) is 0 Å². The monoisotopic (exact) mass is 282 g/mol. The van der Waals surface area contributed by atoms with Crippen molar-refractivity contribution < 1.29 is 5.11 Å². The van der Waals surface area contributed by atoms with E-state index in [0.717, 1.165) is 49.1 Å². The van der Waals surface area contributed by atoms with Crippen molar-refractivity contribution in [3.8, 4) is 0 Å². The van der Waals surface area contributed by atoms with Gasteiger partial charge in [0, 0.05) is 25.1 Å². The highest BCUT2D eigenvalue weighted by molar-refractivity contribution is 7.98. The van der Waals surface area contributed by atoms with Gasteiger partial charge in [-0.05, 0) is 26.0 Å². The summed E-state index contributed by atoms with van der Waals surface area (Å²) in [5.74, 6) is 2.01. The first-order valence-electron chi connectivity index (χ1n) is 6.81. The van der Waals surface area contributed by atoms with E-state index >= 15 is 0 Å². The van der Waals surface area contributed by atoms with Crippen LogP contribution in [0.3, 0.4) is 0 Å². The summed E-state index contributed by atoms with van der Waals surface area (Å²) < 4.78 is 0. The highest BCUT2D eigenvalue weighted by Gasteiger charge is 2.24. The maximum Gasteiger partial charge on any atom is 0.191 e. The maximum atomic E-state index is 9.82. The topological polar surface area (TPSA) is 70.1 Å². The molecule has 2 unspecified atom stereocenters. The number of anilines is 2. The van der Waals surface area contributed by atoms with Crippen LogP contribution in [0.5, 0.6) is 0 Å². The molecule has 1 saturated carbocycles. The predicted molar refractivity (Wildman–Crippen MR) is 79.8 cm³/mol. The van der Waals surface area contributed by atoms with Crippen molar-refractivity contribution in [3.63, 3.8) is 0 Å². The summed E-state index contributed by atoms with van der Waals surface area (Å²) in [4.78, 5) is 8.83. The minimum absolute atomic E-state index is 0.164. The molecule has 2 rings (SSSR count). The number of rotatable bonds is 6. The number of nitrogens with zero attached hydrogens (tertiary/aromatic N) is 2. The van der Waals surface area contributed by atoms with E-state index in [4.69, 9.17) is 0 Å². The molecule has 0 saturated heterocycles. The minimum atomic E-state index is -0.164. The molecule has 6 heteroatoms. The first kappa shape index (κ1) is 14.4. The quantitative estimate of drug-likeness (QED) is 0.549. The number of thioether (sulfide) groups is 1. The lowest BCUT2D eigenvalue weighted by Crippen LogP contribution is -2.22. The molecule has 106 valence electrons. The van der Waals surface area contributed by atoms with Gasteiger partial charge in [-0.25, -0.2) is 9.97 Å². The maximum absolute atomic E-state index is 9.82. The van der Waals surface area contributed by atoms with Crippen LogP contribution in [0.4, 0.5) is 11.6 Å². The largest absolute Gasteiger partial charge is 0.393 e. The molecule has 1 fully saturated rings. The molecule has 1 aromatic heterocycles. The Morgan fingerprint density at radius 1 is 1.32 bits per heavy atom. The summed E-state index contributed by atoms with van der Waals surface area (Å²) in [6.07, 6.45) is 4.94. The summed E-state index contributed by atoms with van der Waals surface area (Å²) in [6, 6.07) is 1.92. The molecule has 19 heavy (non-hydrogen) atoms. The van der Waals surface area contributed by atoms with Crippen LogP contribution in [0.25, 0.3) is 0 Å². The molecule has 1 aromatic rings. The lowest BCUT2D eigenvalue weighted by Gasteiger charge is -2.16. The molecule has 0 radical (unpaired) electrons. The van der Waals surface area contributed by atoms with Gasteiger partial charge >= 0.3 is 0 Å². The van der Waals surface area contributed by atoms with Gasteiger partial charge in [-0.15, -0.1) is 0 Å². The van der Waals surface area contributed by atoms with Crippen LogP contribution in [-0.2, 0) is 0 Å². The molecular formula is C13H22N4OS. The van der Waals surface area contributed by atoms with E-state index in [0.29, 0.717) is 5.92 Å². The zero-order chi connectivity index (χ0) is 13.7. The minimum Gasteiger partial charge on any atom is -0.393 e. The first-order valence-corrected chi connectivity index (χ1v) is 8.04. The van der Waals surface area contributed by atoms with Gasteiger partial charge in [0.1, 0.15) is 11.6 Å². The van der Waals surface area contributed by atoms with Crippen molar-refractivity contribution in [3.05, 3.63) is 6.07 Å². The Labute approximate surface area is 118 Å². The molecular weight excluding hydrogens is 260 g/mol. The van der Waals surface area contributed by atoms with E-state index < -0.39 is 0 Å². The van der Waals surface area contributed by atoms with Gasteiger partial charge in [0.25, 0.3) is 0 Å².